The standard InChI is InChI=1S/C16H32O2/c1-4-13(5-2)12-15(17)16(18-6-3)14-10-8-7-9-11-14/h13-17H,4-12H2,1-3H3. The summed E-state index contributed by atoms with van der Waals surface area (Å²) in [7, 11) is 0. The average Bonchev–Trinajstić information content (AvgIpc) is 2.42. The van der Waals surface area contributed by atoms with Crippen LogP contribution < -0.4 is 0 Å². The fraction of sp³-hybridized carbons (Fsp3) is 1.00. The SMILES string of the molecule is CCOC(C(O)CC(CC)CC)C1CCCCC1. The molecule has 108 valence electrons. The largest absolute Gasteiger partial charge is 0.390 e. The molecule has 1 N–H and O–H groups in total. The molecule has 0 heterocycles. The van der Waals surface area contributed by atoms with Crippen molar-refractivity contribution in [2.24, 2.45) is 11.8 Å². The zero-order chi connectivity index (χ0) is 13.4. The quantitative estimate of drug-likeness (QED) is 0.706. The first-order valence-electron chi connectivity index (χ1n) is 8.02. The maximum atomic E-state index is 10.5. The van der Waals surface area contributed by atoms with E-state index in [1.165, 1.54) is 32.1 Å². The molecule has 0 aromatic carbocycles. The minimum atomic E-state index is -0.266. The third-order valence-electron chi connectivity index (χ3n) is 4.58. The topological polar surface area (TPSA) is 29.5 Å². The lowest BCUT2D eigenvalue weighted by atomic mass is 9.81. The van der Waals surface area contributed by atoms with E-state index in [2.05, 4.69) is 13.8 Å². The van der Waals surface area contributed by atoms with Gasteiger partial charge in [0.2, 0.25) is 0 Å². The molecule has 0 aromatic heterocycles. The molecule has 0 aliphatic heterocycles. The van der Waals surface area contributed by atoms with Crippen molar-refractivity contribution in [2.45, 2.75) is 84.3 Å². The van der Waals surface area contributed by atoms with Crippen LogP contribution >= 0.6 is 0 Å². The minimum Gasteiger partial charge on any atom is -0.390 e. The summed E-state index contributed by atoms with van der Waals surface area (Å²) in [4.78, 5) is 0. The third-order valence-corrected chi connectivity index (χ3v) is 4.58. The van der Waals surface area contributed by atoms with Crippen molar-refractivity contribution < 1.29 is 9.84 Å². The van der Waals surface area contributed by atoms with Crippen molar-refractivity contribution in [1.29, 1.82) is 0 Å². The van der Waals surface area contributed by atoms with E-state index in [0.717, 1.165) is 25.9 Å². The molecular weight excluding hydrogens is 224 g/mol. The number of aliphatic hydroxyl groups is 1. The highest BCUT2D eigenvalue weighted by molar-refractivity contribution is 4.81. The van der Waals surface area contributed by atoms with E-state index in [1.807, 2.05) is 6.92 Å². The van der Waals surface area contributed by atoms with Crippen molar-refractivity contribution in [2.75, 3.05) is 6.61 Å². The van der Waals surface area contributed by atoms with Crippen LogP contribution in [0.4, 0.5) is 0 Å². The molecular formula is C16H32O2. The molecule has 0 radical (unpaired) electrons. The number of ether oxygens (including phenoxy) is 1. The normalized spacial score (nSPS) is 21.2. The summed E-state index contributed by atoms with van der Waals surface area (Å²) in [6, 6.07) is 0. The summed E-state index contributed by atoms with van der Waals surface area (Å²) in [6.45, 7) is 7.20. The summed E-state index contributed by atoms with van der Waals surface area (Å²) in [5.41, 5.74) is 0. The van der Waals surface area contributed by atoms with Crippen molar-refractivity contribution in [1.82, 2.24) is 0 Å². The molecule has 1 aliphatic rings. The first-order valence-corrected chi connectivity index (χ1v) is 8.02. The Hall–Kier alpha value is -0.0800. The lowest BCUT2D eigenvalue weighted by molar-refractivity contribution is -0.0796. The van der Waals surface area contributed by atoms with E-state index in [-0.39, 0.29) is 12.2 Å². The highest BCUT2D eigenvalue weighted by Crippen LogP contribution is 2.31. The van der Waals surface area contributed by atoms with Crippen molar-refractivity contribution in [3.8, 4) is 0 Å². The molecule has 0 aromatic rings. The summed E-state index contributed by atoms with van der Waals surface area (Å²) < 4.78 is 5.88. The molecule has 2 atom stereocenters. The Bertz CT molecular complexity index is 195. The fourth-order valence-electron chi connectivity index (χ4n) is 3.31. The number of rotatable bonds is 8. The van der Waals surface area contributed by atoms with Crippen LogP contribution in [0, 0.1) is 11.8 Å². The lowest BCUT2D eigenvalue weighted by Gasteiger charge is -2.34. The lowest BCUT2D eigenvalue weighted by Crippen LogP contribution is -2.38. The maximum Gasteiger partial charge on any atom is 0.0861 e. The molecule has 0 spiro atoms. The molecule has 0 saturated heterocycles. The fourth-order valence-corrected chi connectivity index (χ4v) is 3.31. The molecule has 1 saturated carbocycles. The van der Waals surface area contributed by atoms with Crippen LogP contribution in [0.5, 0.6) is 0 Å². The third kappa shape index (κ3) is 4.89. The van der Waals surface area contributed by atoms with Crippen LogP contribution in [0.2, 0.25) is 0 Å². The van der Waals surface area contributed by atoms with Gasteiger partial charge in [-0.25, -0.2) is 0 Å². The Balaban J connectivity index is 2.52. The summed E-state index contributed by atoms with van der Waals surface area (Å²) in [6.07, 6.45) is 9.52. The Labute approximate surface area is 113 Å². The summed E-state index contributed by atoms with van der Waals surface area (Å²) >= 11 is 0. The van der Waals surface area contributed by atoms with Crippen molar-refractivity contribution in [3.63, 3.8) is 0 Å². The second-order valence-electron chi connectivity index (χ2n) is 5.80. The van der Waals surface area contributed by atoms with Gasteiger partial charge in [-0.3, -0.25) is 0 Å². The van der Waals surface area contributed by atoms with Crippen LogP contribution in [-0.4, -0.2) is 23.9 Å². The van der Waals surface area contributed by atoms with E-state index in [4.69, 9.17) is 4.74 Å². The van der Waals surface area contributed by atoms with Gasteiger partial charge in [-0.1, -0.05) is 46.0 Å². The number of hydrogen-bond acceptors (Lipinski definition) is 2. The zero-order valence-electron chi connectivity index (χ0n) is 12.5. The smallest absolute Gasteiger partial charge is 0.0861 e. The van der Waals surface area contributed by atoms with E-state index in [1.54, 1.807) is 0 Å². The Morgan fingerprint density at radius 2 is 1.67 bits per heavy atom. The van der Waals surface area contributed by atoms with Crippen molar-refractivity contribution in [3.05, 3.63) is 0 Å². The predicted octanol–water partition coefficient (Wildman–Crippen LogP) is 4.16. The molecule has 0 amide bonds. The van der Waals surface area contributed by atoms with Crippen LogP contribution in [-0.2, 0) is 4.74 Å². The maximum absolute atomic E-state index is 10.5. The Kier molecular flexibility index (Phi) is 7.92. The van der Waals surface area contributed by atoms with Gasteiger partial charge in [0.05, 0.1) is 12.2 Å². The number of hydrogen-bond donors (Lipinski definition) is 1. The highest BCUT2D eigenvalue weighted by Gasteiger charge is 2.30. The summed E-state index contributed by atoms with van der Waals surface area (Å²) in [5.74, 6) is 1.23. The van der Waals surface area contributed by atoms with Gasteiger partial charge >= 0.3 is 0 Å². The zero-order valence-corrected chi connectivity index (χ0v) is 12.5. The molecule has 0 bridgehead atoms. The van der Waals surface area contributed by atoms with E-state index >= 15 is 0 Å². The van der Waals surface area contributed by atoms with Crippen LogP contribution in [0.15, 0.2) is 0 Å². The molecule has 1 rings (SSSR count). The van der Waals surface area contributed by atoms with E-state index in [9.17, 15) is 5.11 Å². The second kappa shape index (κ2) is 8.92. The first kappa shape index (κ1) is 16.0. The first-order chi connectivity index (χ1) is 8.72. The molecule has 1 aliphatic carbocycles. The highest BCUT2D eigenvalue weighted by atomic mass is 16.5. The Morgan fingerprint density at radius 3 is 2.17 bits per heavy atom. The monoisotopic (exact) mass is 256 g/mol. The number of aliphatic hydroxyl groups excluding tert-OH is 1. The van der Waals surface area contributed by atoms with Gasteiger partial charge in [-0.05, 0) is 38.0 Å². The van der Waals surface area contributed by atoms with E-state index < -0.39 is 0 Å². The van der Waals surface area contributed by atoms with Crippen molar-refractivity contribution >= 4 is 0 Å². The van der Waals surface area contributed by atoms with Gasteiger partial charge in [0.25, 0.3) is 0 Å². The van der Waals surface area contributed by atoms with Gasteiger partial charge in [0.15, 0.2) is 0 Å². The molecule has 2 nitrogen and oxygen atoms in total. The minimum absolute atomic E-state index is 0.0795. The Morgan fingerprint density at radius 1 is 1.06 bits per heavy atom. The van der Waals surface area contributed by atoms with Gasteiger partial charge in [0.1, 0.15) is 0 Å². The van der Waals surface area contributed by atoms with Crippen LogP contribution in [0.25, 0.3) is 0 Å². The van der Waals surface area contributed by atoms with Gasteiger partial charge in [-0.2, -0.15) is 0 Å². The molecule has 18 heavy (non-hydrogen) atoms. The molecule has 2 unspecified atom stereocenters. The van der Waals surface area contributed by atoms with Gasteiger partial charge < -0.3 is 9.84 Å². The van der Waals surface area contributed by atoms with Gasteiger partial charge in [0, 0.05) is 6.61 Å². The van der Waals surface area contributed by atoms with Crippen LogP contribution in [0.1, 0.15) is 72.1 Å². The second-order valence-corrected chi connectivity index (χ2v) is 5.80. The average molecular weight is 256 g/mol. The predicted molar refractivity (Wildman–Crippen MR) is 76.7 cm³/mol. The molecule has 2 heteroatoms. The van der Waals surface area contributed by atoms with E-state index in [0.29, 0.717) is 11.8 Å². The summed E-state index contributed by atoms with van der Waals surface area (Å²) in [5, 5.41) is 10.5. The van der Waals surface area contributed by atoms with Crippen LogP contribution in [0.3, 0.4) is 0 Å². The van der Waals surface area contributed by atoms with Gasteiger partial charge in [-0.15, -0.1) is 0 Å². The molecule has 1 fully saturated rings.